The predicted molar refractivity (Wildman–Crippen MR) is 68.2 cm³/mol. The van der Waals surface area contributed by atoms with Crippen LogP contribution in [0.3, 0.4) is 0 Å². The summed E-state index contributed by atoms with van der Waals surface area (Å²) in [6, 6.07) is 3.63. The second-order valence-corrected chi connectivity index (χ2v) is 4.57. The van der Waals surface area contributed by atoms with Gasteiger partial charge in [0.15, 0.2) is 0 Å². The molecule has 1 amide bonds. The molecule has 0 spiro atoms. The molecule has 1 aliphatic carbocycles. The number of hydrogen-bond donors (Lipinski definition) is 2. The first kappa shape index (κ1) is 11.9. The van der Waals surface area contributed by atoms with Crippen LogP contribution in [0.1, 0.15) is 35.8 Å². The Morgan fingerprint density at radius 2 is 2.24 bits per heavy atom. The summed E-state index contributed by atoms with van der Waals surface area (Å²) in [6.45, 7) is 5.52. The first-order chi connectivity index (χ1) is 8.19. The fourth-order valence-electron chi connectivity index (χ4n) is 1.73. The van der Waals surface area contributed by atoms with Gasteiger partial charge in [0, 0.05) is 24.3 Å². The number of aryl methyl sites for hydroxylation is 1. The molecule has 1 aromatic heterocycles. The molecule has 0 aromatic carbocycles. The van der Waals surface area contributed by atoms with Crippen molar-refractivity contribution in [3.8, 4) is 0 Å². The van der Waals surface area contributed by atoms with Gasteiger partial charge in [-0.25, -0.2) is 4.98 Å². The molecular formula is C13H19N3O. The molecule has 0 unspecified atom stereocenters. The second kappa shape index (κ2) is 5.17. The summed E-state index contributed by atoms with van der Waals surface area (Å²) in [7, 11) is 0. The molecule has 4 nitrogen and oxygen atoms in total. The lowest BCUT2D eigenvalue weighted by molar-refractivity contribution is 0.0951. The molecule has 92 valence electrons. The maximum absolute atomic E-state index is 11.9. The van der Waals surface area contributed by atoms with E-state index in [1.807, 2.05) is 19.9 Å². The first-order valence-electron chi connectivity index (χ1n) is 6.19. The normalized spacial score (nSPS) is 14.5. The number of nitrogens with zero attached hydrogens (tertiary/aromatic N) is 1. The van der Waals surface area contributed by atoms with E-state index >= 15 is 0 Å². The van der Waals surface area contributed by atoms with Crippen LogP contribution in [0.15, 0.2) is 12.1 Å². The van der Waals surface area contributed by atoms with Crippen molar-refractivity contribution in [2.75, 3.05) is 18.4 Å². The van der Waals surface area contributed by atoms with Crippen molar-refractivity contribution < 1.29 is 4.79 Å². The van der Waals surface area contributed by atoms with Gasteiger partial charge < -0.3 is 10.6 Å². The zero-order valence-electron chi connectivity index (χ0n) is 10.4. The third-order valence-electron chi connectivity index (χ3n) is 2.82. The molecule has 1 aromatic rings. The molecular weight excluding hydrogens is 214 g/mol. The number of rotatable bonds is 5. The van der Waals surface area contributed by atoms with Gasteiger partial charge in [-0.15, -0.1) is 0 Å². The highest BCUT2D eigenvalue weighted by Gasteiger charge is 2.22. The van der Waals surface area contributed by atoms with E-state index in [4.69, 9.17) is 0 Å². The molecule has 2 N–H and O–H groups in total. The summed E-state index contributed by atoms with van der Waals surface area (Å²) < 4.78 is 0. The number of aromatic nitrogens is 1. The molecule has 1 fully saturated rings. The van der Waals surface area contributed by atoms with Crippen LogP contribution in [0, 0.1) is 12.8 Å². The van der Waals surface area contributed by atoms with E-state index in [1.54, 1.807) is 6.07 Å². The fraction of sp³-hybridized carbons (Fsp3) is 0.538. The van der Waals surface area contributed by atoms with Gasteiger partial charge >= 0.3 is 0 Å². The Bertz CT molecular complexity index is 413. The van der Waals surface area contributed by atoms with Crippen LogP contribution in [-0.2, 0) is 0 Å². The van der Waals surface area contributed by atoms with E-state index in [9.17, 15) is 4.79 Å². The second-order valence-electron chi connectivity index (χ2n) is 4.57. The van der Waals surface area contributed by atoms with Gasteiger partial charge in [0.1, 0.15) is 5.82 Å². The zero-order chi connectivity index (χ0) is 12.3. The third kappa shape index (κ3) is 3.44. The van der Waals surface area contributed by atoms with Gasteiger partial charge in [-0.3, -0.25) is 4.79 Å². The minimum atomic E-state index is 0.00144. The topological polar surface area (TPSA) is 54.0 Å². The molecule has 0 bridgehead atoms. The molecule has 2 rings (SSSR count). The van der Waals surface area contributed by atoms with Crippen LogP contribution < -0.4 is 10.6 Å². The van der Waals surface area contributed by atoms with E-state index < -0.39 is 0 Å². The molecule has 17 heavy (non-hydrogen) atoms. The van der Waals surface area contributed by atoms with Crippen LogP contribution in [-0.4, -0.2) is 24.0 Å². The molecule has 4 heteroatoms. The highest BCUT2D eigenvalue weighted by atomic mass is 16.1. The SMILES string of the molecule is CCNc1cc(C(=O)NCC2CC2)cc(C)n1. The van der Waals surface area contributed by atoms with Gasteiger partial charge in [-0.1, -0.05) is 0 Å². The maximum Gasteiger partial charge on any atom is 0.251 e. The van der Waals surface area contributed by atoms with E-state index in [-0.39, 0.29) is 5.91 Å². The minimum absolute atomic E-state index is 0.00144. The van der Waals surface area contributed by atoms with Crippen LogP contribution >= 0.6 is 0 Å². The summed E-state index contributed by atoms with van der Waals surface area (Å²) in [6.07, 6.45) is 2.50. The Kier molecular flexibility index (Phi) is 3.61. The average molecular weight is 233 g/mol. The van der Waals surface area contributed by atoms with Crippen LogP contribution in [0.5, 0.6) is 0 Å². The highest BCUT2D eigenvalue weighted by molar-refractivity contribution is 5.95. The van der Waals surface area contributed by atoms with Crippen molar-refractivity contribution >= 4 is 11.7 Å². The third-order valence-corrected chi connectivity index (χ3v) is 2.82. The van der Waals surface area contributed by atoms with Gasteiger partial charge in [0.25, 0.3) is 5.91 Å². The standard InChI is InChI=1S/C13H19N3O/c1-3-14-12-7-11(6-9(2)16-12)13(17)15-8-10-4-5-10/h6-7,10H,3-5,8H2,1-2H3,(H,14,16)(H,15,17). The Hall–Kier alpha value is -1.58. The zero-order valence-corrected chi connectivity index (χ0v) is 10.4. The molecule has 1 heterocycles. The number of amides is 1. The Morgan fingerprint density at radius 3 is 2.88 bits per heavy atom. The lowest BCUT2D eigenvalue weighted by Gasteiger charge is -2.08. The summed E-state index contributed by atoms with van der Waals surface area (Å²) in [5.74, 6) is 1.47. The maximum atomic E-state index is 11.9. The van der Waals surface area contributed by atoms with E-state index in [0.29, 0.717) is 11.5 Å². The predicted octanol–water partition coefficient (Wildman–Crippen LogP) is 1.96. The number of carbonyl (C=O) groups excluding carboxylic acids is 1. The van der Waals surface area contributed by atoms with Gasteiger partial charge in [0.2, 0.25) is 0 Å². The largest absolute Gasteiger partial charge is 0.370 e. The van der Waals surface area contributed by atoms with E-state index in [1.165, 1.54) is 12.8 Å². The quantitative estimate of drug-likeness (QED) is 0.817. The van der Waals surface area contributed by atoms with Crippen LogP contribution in [0.2, 0.25) is 0 Å². The van der Waals surface area contributed by atoms with Gasteiger partial charge in [0.05, 0.1) is 0 Å². The minimum Gasteiger partial charge on any atom is -0.370 e. The lowest BCUT2D eigenvalue weighted by Crippen LogP contribution is -2.25. The van der Waals surface area contributed by atoms with Crippen molar-refractivity contribution in [3.63, 3.8) is 0 Å². The molecule has 0 saturated heterocycles. The molecule has 0 radical (unpaired) electrons. The average Bonchev–Trinajstić information content (AvgIpc) is 3.09. The van der Waals surface area contributed by atoms with Crippen molar-refractivity contribution in [1.82, 2.24) is 10.3 Å². The summed E-state index contributed by atoms with van der Waals surface area (Å²) in [5, 5.41) is 6.09. The summed E-state index contributed by atoms with van der Waals surface area (Å²) >= 11 is 0. The lowest BCUT2D eigenvalue weighted by atomic mass is 10.2. The molecule has 1 saturated carbocycles. The Balaban J connectivity index is 2.04. The number of pyridine rings is 1. The Labute approximate surface area is 102 Å². The fourth-order valence-corrected chi connectivity index (χ4v) is 1.73. The monoisotopic (exact) mass is 233 g/mol. The van der Waals surface area contributed by atoms with Crippen molar-refractivity contribution in [2.24, 2.45) is 5.92 Å². The number of anilines is 1. The first-order valence-corrected chi connectivity index (χ1v) is 6.19. The smallest absolute Gasteiger partial charge is 0.251 e. The van der Waals surface area contributed by atoms with Crippen LogP contribution in [0.25, 0.3) is 0 Å². The molecule has 1 aliphatic rings. The number of hydrogen-bond acceptors (Lipinski definition) is 3. The molecule has 0 aliphatic heterocycles. The Morgan fingerprint density at radius 1 is 1.47 bits per heavy atom. The molecule has 0 atom stereocenters. The summed E-state index contributed by atoms with van der Waals surface area (Å²) in [4.78, 5) is 16.2. The van der Waals surface area contributed by atoms with Gasteiger partial charge in [-0.2, -0.15) is 0 Å². The van der Waals surface area contributed by atoms with E-state index in [0.717, 1.165) is 24.6 Å². The number of carbonyl (C=O) groups is 1. The van der Waals surface area contributed by atoms with Crippen LogP contribution in [0.4, 0.5) is 5.82 Å². The van der Waals surface area contributed by atoms with Crippen molar-refractivity contribution in [2.45, 2.75) is 26.7 Å². The highest BCUT2D eigenvalue weighted by Crippen LogP contribution is 2.27. The number of nitrogens with one attached hydrogen (secondary N) is 2. The summed E-state index contributed by atoms with van der Waals surface area (Å²) in [5.41, 5.74) is 1.55. The van der Waals surface area contributed by atoms with Crippen molar-refractivity contribution in [3.05, 3.63) is 23.4 Å². The van der Waals surface area contributed by atoms with E-state index in [2.05, 4.69) is 15.6 Å². The van der Waals surface area contributed by atoms with Gasteiger partial charge in [-0.05, 0) is 44.7 Å². The van der Waals surface area contributed by atoms with Crippen molar-refractivity contribution in [1.29, 1.82) is 0 Å².